The Morgan fingerprint density at radius 3 is 3.12 bits per heavy atom. The van der Waals surface area contributed by atoms with Crippen LogP contribution >= 0.6 is 0 Å². The van der Waals surface area contributed by atoms with Crippen LogP contribution < -0.4 is 10.1 Å². The molecule has 1 aromatic carbocycles. The number of aromatic nitrogens is 1. The van der Waals surface area contributed by atoms with E-state index < -0.39 is 0 Å². The summed E-state index contributed by atoms with van der Waals surface area (Å²) in [5.74, 6) is 0.884. The summed E-state index contributed by atoms with van der Waals surface area (Å²) in [6, 6.07) is 9.84. The van der Waals surface area contributed by atoms with Gasteiger partial charge in [0.25, 0.3) is 0 Å². The lowest BCUT2D eigenvalue weighted by Crippen LogP contribution is -2.26. The van der Waals surface area contributed by atoms with Crippen LogP contribution in [0.2, 0.25) is 0 Å². The van der Waals surface area contributed by atoms with Gasteiger partial charge in [0.15, 0.2) is 0 Å². The first-order valence-electron chi connectivity index (χ1n) is 8.68. The van der Waals surface area contributed by atoms with E-state index in [0.29, 0.717) is 19.6 Å². The highest BCUT2D eigenvalue weighted by molar-refractivity contribution is 5.84. The Morgan fingerprint density at radius 2 is 2.25 bits per heavy atom. The summed E-state index contributed by atoms with van der Waals surface area (Å²) < 4.78 is 11.3. The van der Waals surface area contributed by atoms with Crippen molar-refractivity contribution >= 4 is 16.8 Å². The number of para-hydroxylation sites is 1. The van der Waals surface area contributed by atoms with Crippen LogP contribution in [0.5, 0.6) is 5.75 Å². The number of hydrogen-bond donors (Lipinski definition) is 1. The smallest absolute Gasteiger partial charge is 0.220 e. The second-order valence-electron chi connectivity index (χ2n) is 6.06. The zero-order valence-corrected chi connectivity index (χ0v) is 13.9. The number of fused-ring (bicyclic) bond motifs is 1. The fraction of sp³-hybridized carbons (Fsp3) is 0.474. The molecule has 1 atom stereocenters. The first kappa shape index (κ1) is 16.7. The van der Waals surface area contributed by atoms with Crippen LogP contribution in [0, 0.1) is 0 Å². The fourth-order valence-electron chi connectivity index (χ4n) is 2.93. The average molecular weight is 328 g/mol. The molecule has 5 nitrogen and oxygen atoms in total. The molecule has 2 heterocycles. The number of hydrogen-bond acceptors (Lipinski definition) is 4. The van der Waals surface area contributed by atoms with Crippen molar-refractivity contribution in [1.82, 2.24) is 10.3 Å². The second kappa shape index (κ2) is 8.64. The van der Waals surface area contributed by atoms with Gasteiger partial charge in [0, 0.05) is 31.2 Å². The van der Waals surface area contributed by atoms with Crippen LogP contribution in [0.1, 0.15) is 32.1 Å². The van der Waals surface area contributed by atoms with Crippen molar-refractivity contribution in [2.45, 2.75) is 38.2 Å². The summed E-state index contributed by atoms with van der Waals surface area (Å²) in [5, 5.41) is 4.01. The van der Waals surface area contributed by atoms with E-state index in [4.69, 9.17) is 9.47 Å². The lowest BCUT2D eigenvalue weighted by atomic mass is 10.1. The molecular formula is C19H24N2O3. The van der Waals surface area contributed by atoms with Crippen molar-refractivity contribution in [3.05, 3.63) is 36.5 Å². The van der Waals surface area contributed by atoms with Crippen LogP contribution in [-0.2, 0) is 9.53 Å². The number of benzene rings is 1. The van der Waals surface area contributed by atoms with Gasteiger partial charge < -0.3 is 14.8 Å². The molecule has 5 heteroatoms. The minimum absolute atomic E-state index is 0.0947. The molecule has 0 spiro atoms. The third-order valence-corrected chi connectivity index (χ3v) is 4.21. The van der Waals surface area contributed by atoms with Crippen molar-refractivity contribution in [3.63, 3.8) is 0 Å². The summed E-state index contributed by atoms with van der Waals surface area (Å²) in [7, 11) is 0. The lowest BCUT2D eigenvalue weighted by Gasteiger charge is -2.10. The van der Waals surface area contributed by atoms with E-state index in [1.807, 2.05) is 30.3 Å². The predicted molar refractivity (Wildman–Crippen MR) is 93.1 cm³/mol. The Morgan fingerprint density at radius 1 is 1.33 bits per heavy atom. The molecule has 0 unspecified atom stereocenters. The van der Waals surface area contributed by atoms with Crippen molar-refractivity contribution in [2.24, 2.45) is 0 Å². The summed E-state index contributed by atoms with van der Waals surface area (Å²) in [5.41, 5.74) is 0.876. The molecule has 3 rings (SSSR count). The minimum atomic E-state index is 0.0947. The number of carbonyl (C=O) groups excluding carboxylic acids is 1. The van der Waals surface area contributed by atoms with Crippen molar-refractivity contribution in [3.8, 4) is 5.75 Å². The number of pyridine rings is 1. The fourth-order valence-corrected chi connectivity index (χ4v) is 2.93. The molecule has 1 N–H and O–H groups in total. The summed E-state index contributed by atoms with van der Waals surface area (Å²) in [6.07, 6.45) is 6.38. The maximum Gasteiger partial charge on any atom is 0.220 e. The predicted octanol–water partition coefficient (Wildman–Crippen LogP) is 3.08. The van der Waals surface area contributed by atoms with Gasteiger partial charge in [-0.25, -0.2) is 0 Å². The third-order valence-electron chi connectivity index (χ3n) is 4.21. The molecule has 1 aliphatic heterocycles. The van der Waals surface area contributed by atoms with E-state index in [-0.39, 0.29) is 12.0 Å². The molecule has 128 valence electrons. The minimum Gasteiger partial charge on any atom is -0.491 e. The van der Waals surface area contributed by atoms with Crippen molar-refractivity contribution in [1.29, 1.82) is 0 Å². The van der Waals surface area contributed by atoms with E-state index >= 15 is 0 Å². The highest BCUT2D eigenvalue weighted by Gasteiger charge is 2.16. The first-order valence-corrected chi connectivity index (χ1v) is 8.68. The van der Waals surface area contributed by atoms with Gasteiger partial charge in [-0.3, -0.25) is 9.78 Å². The van der Waals surface area contributed by atoms with Gasteiger partial charge in [-0.15, -0.1) is 0 Å². The molecule has 1 saturated heterocycles. The molecule has 1 aromatic heterocycles. The summed E-state index contributed by atoms with van der Waals surface area (Å²) in [4.78, 5) is 16.2. The highest BCUT2D eigenvalue weighted by Crippen LogP contribution is 2.22. The third kappa shape index (κ3) is 4.68. The number of ether oxygens (including phenoxy) is 2. The quantitative estimate of drug-likeness (QED) is 0.757. The normalized spacial score (nSPS) is 17.1. The molecule has 0 radical (unpaired) electrons. The van der Waals surface area contributed by atoms with Crippen LogP contribution in [0.25, 0.3) is 10.9 Å². The maximum atomic E-state index is 11.8. The molecule has 0 saturated carbocycles. The number of nitrogens with one attached hydrogen (secondary N) is 1. The van der Waals surface area contributed by atoms with Crippen LogP contribution in [0.15, 0.2) is 36.5 Å². The Labute approximate surface area is 142 Å². The molecule has 1 fully saturated rings. The van der Waals surface area contributed by atoms with E-state index in [1.54, 1.807) is 6.20 Å². The molecule has 1 aliphatic rings. The zero-order chi connectivity index (χ0) is 16.6. The number of carbonyl (C=O) groups is 1. The highest BCUT2D eigenvalue weighted by atomic mass is 16.5. The van der Waals surface area contributed by atoms with Crippen LogP contribution in [0.3, 0.4) is 0 Å². The largest absolute Gasteiger partial charge is 0.491 e. The van der Waals surface area contributed by atoms with E-state index in [0.717, 1.165) is 48.9 Å². The Bertz CT molecular complexity index is 663. The topological polar surface area (TPSA) is 60.5 Å². The van der Waals surface area contributed by atoms with Gasteiger partial charge in [0.2, 0.25) is 5.91 Å². The Balaban J connectivity index is 1.34. The summed E-state index contributed by atoms with van der Waals surface area (Å²) >= 11 is 0. The first-order chi connectivity index (χ1) is 11.8. The van der Waals surface area contributed by atoms with E-state index in [2.05, 4.69) is 10.3 Å². The molecule has 0 bridgehead atoms. The monoisotopic (exact) mass is 328 g/mol. The molecule has 1 amide bonds. The van der Waals surface area contributed by atoms with Crippen molar-refractivity contribution < 1.29 is 14.3 Å². The lowest BCUT2D eigenvalue weighted by molar-refractivity contribution is -0.121. The zero-order valence-electron chi connectivity index (χ0n) is 13.9. The van der Waals surface area contributed by atoms with Gasteiger partial charge in [-0.2, -0.15) is 0 Å². The standard InChI is InChI=1S/C19H24N2O3/c22-18(10-9-16-7-3-13-23-16)20-12-4-14-24-17-8-1-5-15-6-2-11-21-19(15)17/h1-2,5-6,8,11,16H,3-4,7,9-10,12-14H2,(H,20,22)/t16-/m0/s1. The average Bonchev–Trinajstić information content (AvgIpc) is 3.13. The van der Waals surface area contributed by atoms with Gasteiger partial charge >= 0.3 is 0 Å². The summed E-state index contributed by atoms with van der Waals surface area (Å²) in [6.45, 7) is 2.02. The number of rotatable bonds is 8. The van der Waals surface area contributed by atoms with Gasteiger partial charge in [-0.05, 0) is 37.8 Å². The van der Waals surface area contributed by atoms with Crippen molar-refractivity contribution in [2.75, 3.05) is 19.8 Å². The Kier molecular flexibility index (Phi) is 6.01. The molecule has 0 aliphatic carbocycles. The van der Waals surface area contributed by atoms with Gasteiger partial charge in [0.05, 0.1) is 12.7 Å². The number of amides is 1. The molecular weight excluding hydrogens is 304 g/mol. The van der Waals surface area contributed by atoms with Crippen LogP contribution in [0.4, 0.5) is 0 Å². The van der Waals surface area contributed by atoms with E-state index in [1.165, 1.54) is 0 Å². The number of nitrogens with zero attached hydrogens (tertiary/aromatic N) is 1. The SMILES string of the molecule is O=C(CC[C@@H]1CCCO1)NCCCOc1cccc2cccnc12. The molecule has 2 aromatic rings. The second-order valence-corrected chi connectivity index (χ2v) is 6.06. The molecule has 24 heavy (non-hydrogen) atoms. The van der Waals surface area contributed by atoms with Gasteiger partial charge in [-0.1, -0.05) is 18.2 Å². The Hall–Kier alpha value is -2.14. The maximum absolute atomic E-state index is 11.8. The van der Waals surface area contributed by atoms with Gasteiger partial charge in [0.1, 0.15) is 11.3 Å². The van der Waals surface area contributed by atoms with E-state index in [9.17, 15) is 4.79 Å². The van der Waals surface area contributed by atoms with Crippen LogP contribution in [-0.4, -0.2) is 36.8 Å².